The summed E-state index contributed by atoms with van der Waals surface area (Å²) in [5, 5.41) is 20.7. The highest BCUT2D eigenvalue weighted by Crippen LogP contribution is 2.77. The van der Waals surface area contributed by atoms with Crippen molar-refractivity contribution in [1.29, 1.82) is 0 Å². The summed E-state index contributed by atoms with van der Waals surface area (Å²) in [6.07, 6.45) is 9.88. The first-order chi connectivity index (χ1) is 19.4. The number of aliphatic carboxylic acids is 1. The van der Waals surface area contributed by atoms with Crippen LogP contribution in [0.2, 0.25) is 0 Å². The van der Waals surface area contributed by atoms with Crippen LogP contribution in [-0.2, 0) is 19.1 Å². The van der Waals surface area contributed by atoms with Crippen molar-refractivity contribution in [3.05, 3.63) is 12.2 Å². The number of rotatable bonds is 6. The zero-order valence-electron chi connectivity index (χ0n) is 27.7. The number of hydrogen-bond acceptors (Lipinski definition) is 5. The summed E-state index contributed by atoms with van der Waals surface area (Å²) < 4.78 is 11.8. The lowest BCUT2D eigenvalue weighted by Crippen LogP contribution is -2.67. The molecule has 5 saturated carbocycles. The van der Waals surface area contributed by atoms with Crippen molar-refractivity contribution in [1.82, 2.24) is 0 Å². The summed E-state index contributed by atoms with van der Waals surface area (Å²) in [6.45, 7) is 22.2. The zero-order chi connectivity index (χ0) is 31.1. The van der Waals surface area contributed by atoms with Crippen molar-refractivity contribution < 1.29 is 29.3 Å². The van der Waals surface area contributed by atoms with Crippen LogP contribution in [0.5, 0.6) is 0 Å². The highest BCUT2D eigenvalue weighted by molar-refractivity contribution is 5.76. The number of carboxylic acid groups (broad SMARTS) is 1. The van der Waals surface area contributed by atoms with Gasteiger partial charge in [0.05, 0.1) is 23.5 Å². The van der Waals surface area contributed by atoms with Gasteiger partial charge in [-0.25, -0.2) is 0 Å². The molecule has 2 N–H and O–H groups in total. The SMILES string of the molecule is C=C(CO)[C@@H]1CC[C@]2(C(=O)O)CC[C@]3(C)C(CCC4[C@@]5(C)CC[C@H](OCOC(=O)C(C)(C)C)C(C)(C)C5CC[C@]43C)C12. The lowest BCUT2D eigenvalue weighted by Gasteiger charge is -2.72. The molecule has 0 aliphatic heterocycles. The fourth-order valence-corrected chi connectivity index (χ4v) is 12.2. The molecule has 6 nitrogen and oxygen atoms in total. The van der Waals surface area contributed by atoms with Gasteiger partial charge in [-0.05, 0) is 142 Å². The Labute approximate surface area is 254 Å². The van der Waals surface area contributed by atoms with Crippen molar-refractivity contribution in [3.63, 3.8) is 0 Å². The van der Waals surface area contributed by atoms with Gasteiger partial charge in [-0.1, -0.05) is 41.2 Å². The van der Waals surface area contributed by atoms with E-state index in [9.17, 15) is 19.8 Å². The molecule has 6 heteroatoms. The number of hydrogen-bond donors (Lipinski definition) is 2. The van der Waals surface area contributed by atoms with E-state index in [1.54, 1.807) is 0 Å². The van der Waals surface area contributed by atoms with Crippen LogP contribution in [0.15, 0.2) is 12.2 Å². The van der Waals surface area contributed by atoms with Gasteiger partial charge in [0.2, 0.25) is 0 Å². The maximum Gasteiger partial charge on any atom is 0.313 e. The van der Waals surface area contributed by atoms with Crippen molar-refractivity contribution in [2.45, 2.75) is 126 Å². The standard InChI is InChI=1S/C36H58O6/c1-22(20-37)23-12-17-36(29(38)39)19-18-34(8)24(28(23)36)10-11-26-33(7)15-14-27(41-21-42-30(40)31(2,3)4)32(5,6)25(33)13-16-35(26,34)9/h23-28,37H,1,10-21H2,2-9H3,(H,38,39)/t23-,24?,25?,26?,27-,28?,33-,34+,35+,36-/m0/s1. The van der Waals surface area contributed by atoms with E-state index in [0.29, 0.717) is 24.2 Å². The van der Waals surface area contributed by atoms with Crippen LogP contribution < -0.4 is 0 Å². The molecule has 0 amide bonds. The second-order valence-corrected chi connectivity index (χ2v) is 17.4. The average molecular weight is 587 g/mol. The molecule has 0 aromatic carbocycles. The Bertz CT molecular complexity index is 1100. The monoisotopic (exact) mass is 586 g/mol. The fourth-order valence-electron chi connectivity index (χ4n) is 12.2. The maximum absolute atomic E-state index is 12.9. The number of fused-ring (bicyclic) bond motifs is 7. The third kappa shape index (κ3) is 4.38. The van der Waals surface area contributed by atoms with Crippen LogP contribution in [0.3, 0.4) is 0 Å². The first-order valence-corrected chi connectivity index (χ1v) is 16.7. The predicted molar refractivity (Wildman–Crippen MR) is 163 cm³/mol. The molecule has 5 fully saturated rings. The summed E-state index contributed by atoms with van der Waals surface area (Å²) in [5.74, 6) is 0.724. The van der Waals surface area contributed by atoms with E-state index in [1.165, 1.54) is 0 Å². The number of carbonyl (C=O) groups is 2. The van der Waals surface area contributed by atoms with E-state index >= 15 is 0 Å². The van der Waals surface area contributed by atoms with Gasteiger partial charge in [0.1, 0.15) is 0 Å². The largest absolute Gasteiger partial charge is 0.481 e. The predicted octanol–water partition coefficient (Wildman–Crippen LogP) is 7.63. The van der Waals surface area contributed by atoms with Gasteiger partial charge in [-0.3, -0.25) is 9.59 Å². The minimum atomic E-state index is -0.676. The van der Waals surface area contributed by atoms with Gasteiger partial charge in [0, 0.05) is 0 Å². The first-order valence-electron chi connectivity index (χ1n) is 16.7. The second kappa shape index (κ2) is 10.3. The number of ether oxygens (including phenoxy) is 2. The minimum Gasteiger partial charge on any atom is -0.481 e. The van der Waals surface area contributed by atoms with Crippen LogP contribution in [0, 0.1) is 62.1 Å². The normalized spacial score (nSPS) is 46.0. The molecular formula is C36H58O6. The van der Waals surface area contributed by atoms with Crippen molar-refractivity contribution in [2.75, 3.05) is 13.4 Å². The Morgan fingerprint density at radius 3 is 2.17 bits per heavy atom. The van der Waals surface area contributed by atoms with Gasteiger partial charge in [0.15, 0.2) is 6.79 Å². The molecule has 10 atom stereocenters. The van der Waals surface area contributed by atoms with Gasteiger partial charge in [-0.2, -0.15) is 0 Å². The molecule has 0 bridgehead atoms. The summed E-state index contributed by atoms with van der Waals surface area (Å²) in [6, 6.07) is 0. The number of aliphatic hydroxyl groups is 1. The molecule has 238 valence electrons. The lowest BCUT2D eigenvalue weighted by atomic mass is 9.32. The van der Waals surface area contributed by atoms with Crippen molar-refractivity contribution in [3.8, 4) is 0 Å². The van der Waals surface area contributed by atoms with Gasteiger partial charge >= 0.3 is 11.9 Å². The second-order valence-electron chi connectivity index (χ2n) is 17.4. The minimum absolute atomic E-state index is 0.0154. The Morgan fingerprint density at radius 1 is 0.857 bits per heavy atom. The Morgan fingerprint density at radius 2 is 1.55 bits per heavy atom. The fraction of sp³-hybridized carbons (Fsp3) is 0.889. The molecule has 5 aliphatic rings. The first kappa shape index (κ1) is 32.0. The van der Waals surface area contributed by atoms with Crippen LogP contribution in [0.25, 0.3) is 0 Å². The molecular weight excluding hydrogens is 528 g/mol. The molecule has 0 radical (unpaired) electrons. The van der Waals surface area contributed by atoms with Crippen LogP contribution in [0.4, 0.5) is 0 Å². The van der Waals surface area contributed by atoms with E-state index < -0.39 is 16.8 Å². The summed E-state index contributed by atoms with van der Waals surface area (Å²) in [5.41, 5.74) is -0.0530. The molecule has 0 aromatic heterocycles. The Hall–Kier alpha value is -1.40. The summed E-state index contributed by atoms with van der Waals surface area (Å²) >= 11 is 0. The number of carboxylic acids is 1. The zero-order valence-corrected chi connectivity index (χ0v) is 27.7. The highest BCUT2D eigenvalue weighted by Gasteiger charge is 2.72. The molecule has 0 aromatic rings. The highest BCUT2D eigenvalue weighted by atomic mass is 16.7. The van der Waals surface area contributed by atoms with Crippen molar-refractivity contribution in [2.24, 2.45) is 62.1 Å². The third-order valence-electron chi connectivity index (χ3n) is 14.6. The van der Waals surface area contributed by atoms with Crippen molar-refractivity contribution >= 4 is 11.9 Å². The molecule has 42 heavy (non-hydrogen) atoms. The van der Waals surface area contributed by atoms with Gasteiger partial charge < -0.3 is 19.7 Å². The smallest absolute Gasteiger partial charge is 0.313 e. The lowest BCUT2D eigenvalue weighted by molar-refractivity contribution is -0.257. The number of aliphatic hydroxyl groups excluding tert-OH is 1. The van der Waals surface area contributed by atoms with E-state index in [4.69, 9.17) is 9.47 Å². The summed E-state index contributed by atoms with van der Waals surface area (Å²) in [4.78, 5) is 25.3. The van der Waals surface area contributed by atoms with Crippen LogP contribution in [0.1, 0.15) is 120 Å². The van der Waals surface area contributed by atoms with E-state index in [-0.39, 0.29) is 59.0 Å². The molecule has 0 saturated heterocycles. The Balaban J connectivity index is 1.40. The maximum atomic E-state index is 12.9. The van der Waals surface area contributed by atoms with E-state index in [2.05, 4.69) is 41.2 Å². The quantitative estimate of drug-likeness (QED) is 0.189. The van der Waals surface area contributed by atoms with Gasteiger partial charge in [0.25, 0.3) is 0 Å². The van der Waals surface area contributed by atoms with Crippen LogP contribution >= 0.6 is 0 Å². The van der Waals surface area contributed by atoms with E-state index in [0.717, 1.165) is 63.4 Å². The Kier molecular flexibility index (Phi) is 7.87. The third-order valence-corrected chi connectivity index (χ3v) is 14.6. The number of carbonyl (C=O) groups excluding carboxylic acids is 1. The molecule has 0 spiro atoms. The van der Waals surface area contributed by atoms with Gasteiger partial charge in [-0.15, -0.1) is 0 Å². The molecule has 4 unspecified atom stereocenters. The topological polar surface area (TPSA) is 93.1 Å². The molecule has 0 heterocycles. The molecule has 5 aliphatic carbocycles. The molecule has 5 rings (SSSR count). The summed E-state index contributed by atoms with van der Waals surface area (Å²) in [7, 11) is 0. The number of esters is 1. The average Bonchev–Trinajstić information content (AvgIpc) is 3.30. The van der Waals surface area contributed by atoms with E-state index in [1.807, 2.05) is 20.8 Å². The van der Waals surface area contributed by atoms with Crippen LogP contribution in [-0.4, -0.2) is 41.7 Å².